The summed E-state index contributed by atoms with van der Waals surface area (Å²) in [6.45, 7) is 12.7. The van der Waals surface area contributed by atoms with Crippen molar-refractivity contribution in [2.75, 3.05) is 0 Å². The highest BCUT2D eigenvalue weighted by Gasteiger charge is 2.28. The Labute approximate surface area is 89.1 Å². The van der Waals surface area contributed by atoms with Crippen LogP contribution in [0.4, 0.5) is 0 Å². The van der Waals surface area contributed by atoms with Crippen molar-refractivity contribution in [1.82, 2.24) is 0 Å². The van der Waals surface area contributed by atoms with E-state index in [0.717, 1.165) is 5.92 Å². The minimum Gasteiger partial charge on any atom is -0.102 e. The predicted molar refractivity (Wildman–Crippen MR) is 64.3 cm³/mol. The average molecular weight is 192 g/mol. The van der Waals surface area contributed by atoms with Crippen LogP contribution in [0.2, 0.25) is 0 Å². The van der Waals surface area contributed by atoms with E-state index in [1.807, 2.05) is 0 Å². The monoisotopic (exact) mass is 192 g/mol. The van der Waals surface area contributed by atoms with Crippen molar-refractivity contribution in [2.24, 2.45) is 11.3 Å². The Kier molecular flexibility index (Phi) is 3.97. The zero-order valence-corrected chi connectivity index (χ0v) is 9.81. The fraction of sp³-hybridized carbons (Fsp3) is 0.714. The second-order valence-electron chi connectivity index (χ2n) is 5.03. The zero-order valence-electron chi connectivity index (χ0n) is 9.81. The molecule has 0 aromatic rings. The molecule has 0 aromatic heterocycles. The number of hydrogen-bond donors (Lipinski definition) is 0. The predicted octanol–water partition coefficient (Wildman–Crippen LogP) is 4.73. The molecule has 0 saturated heterocycles. The Morgan fingerprint density at radius 3 is 2.57 bits per heavy atom. The molecule has 0 nitrogen and oxygen atoms in total. The summed E-state index contributed by atoms with van der Waals surface area (Å²) in [6.07, 6.45) is 10.1. The van der Waals surface area contributed by atoms with Crippen LogP contribution in [0.3, 0.4) is 0 Å². The molecule has 0 heteroatoms. The lowest BCUT2D eigenvalue weighted by Crippen LogP contribution is -2.21. The lowest BCUT2D eigenvalue weighted by molar-refractivity contribution is 0.290. The highest BCUT2D eigenvalue weighted by molar-refractivity contribution is 5.16. The van der Waals surface area contributed by atoms with Gasteiger partial charge in [-0.25, -0.2) is 0 Å². The Balaban J connectivity index is 2.73. The van der Waals surface area contributed by atoms with Crippen LogP contribution in [0, 0.1) is 11.3 Å². The second-order valence-corrected chi connectivity index (χ2v) is 5.03. The molecule has 2 unspecified atom stereocenters. The standard InChI is InChI=1S/C14H24/c1-5-14(12(2)3)10-7-6-8-13(4)9-11-14/h5,13H,1-2,6-11H2,3-4H3. The van der Waals surface area contributed by atoms with Crippen LogP contribution in [0.25, 0.3) is 0 Å². The number of rotatable bonds is 2. The maximum absolute atomic E-state index is 4.15. The maximum Gasteiger partial charge on any atom is 0.00828 e. The molecule has 0 aromatic carbocycles. The number of hydrogen-bond acceptors (Lipinski definition) is 0. The Morgan fingerprint density at radius 1 is 1.29 bits per heavy atom. The fourth-order valence-electron chi connectivity index (χ4n) is 2.51. The molecule has 1 rings (SSSR count). The van der Waals surface area contributed by atoms with Crippen LogP contribution in [0.5, 0.6) is 0 Å². The molecule has 0 radical (unpaired) electrons. The highest BCUT2D eigenvalue weighted by Crippen LogP contribution is 2.41. The summed E-state index contributed by atoms with van der Waals surface area (Å²) < 4.78 is 0. The van der Waals surface area contributed by atoms with E-state index < -0.39 is 0 Å². The minimum atomic E-state index is 0.245. The van der Waals surface area contributed by atoms with Crippen LogP contribution >= 0.6 is 0 Å². The topological polar surface area (TPSA) is 0 Å². The third kappa shape index (κ3) is 2.50. The van der Waals surface area contributed by atoms with Gasteiger partial charge in [0.2, 0.25) is 0 Å². The normalized spacial score (nSPS) is 34.3. The van der Waals surface area contributed by atoms with Crippen LogP contribution in [0.15, 0.2) is 24.8 Å². The van der Waals surface area contributed by atoms with Gasteiger partial charge >= 0.3 is 0 Å². The molecule has 0 N–H and O–H groups in total. The van der Waals surface area contributed by atoms with E-state index in [1.165, 1.54) is 44.1 Å². The van der Waals surface area contributed by atoms with E-state index in [2.05, 4.69) is 33.1 Å². The van der Waals surface area contributed by atoms with Gasteiger partial charge in [-0.2, -0.15) is 0 Å². The van der Waals surface area contributed by atoms with Gasteiger partial charge in [0.25, 0.3) is 0 Å². The van der Waals surface area contributed by atoms with Crippen molar-refractivity contribution in [2.45, 2.75) is 52.4 Å². The van der Waals surface area contributed by atoms with Gasteiger partial charge in [0.15, 0.2) is 0 Å². The summed E-state index contributed by atoms with van der Waals surface area (Å²) in [4.78, 5) is 0. The largest absolute Gasteiger partial charge is 0.102 e. The van der Waals surface area contributed by atoms with Crippen LogP contribution in [-0.4, -0.2) is 0 Å². The van der Waals surface area contributed by atoms with E-state index in [4.69, 9.17) is 0 Å². The quantitative estimate of drug-likeness (QED) is 0.555. The maximum atomic E-state index is 4.15. The van der Waals surface area contributed by atoms with Crippen LogP contribution < -0.4 is 0 Å². The minimum absolute atomic E-state index is 0.245. The lowest BCUT2D eigenvalue weighted by Gasteiger charge is -2.34. The summed E-state index contributed by atoms with van der Waals surface area (Å²) in [7, 11) is 0. The van der Waals surface area contributed by atoms with Crippen molar-refractivity contribution in [3.63, 3.8) is 0 Å². The van der Waals surface area contributed by atoms with Crippen molar-refractivity contribution in [3.05, 3.63) is 24.8 Å². The van der Waals surface area contributed by atoms with E-state index in [-0.39, 0.29) is 5.41 Å². The van der Waals surface area contributed by atoms with Gasteiger partial charge in [0.1, 0.15) is 0 Å². The Hall–Kier alpha value is -0.520. The van der Waals surface area contributed by atoms with Crippen molar-refractivity contribution in [1.29, 1.82) is 0 Å². The zero-order chi connectivity index (χ0) is 10.6. The SMILES string of the molecule is C=CC1(C(=C)C)CCCCC(C)CC1. The molecule has 14 heavy (non-hydrogen) atoms. The first kappa shape index (κ1) is 11.6. The fourth-order valence-corrected chi connectivity index (χ4v) is 2.51. The van der Waals surface area contributed by atoms with E-state index in [1.54, 1.807) is 0 Å². The first-order chi connectivity index (χ1) is 6.60. The first-order valence-corrected chi connectivity index (χ1v) is 5.90. The Morgan fingerprint density at radius 2 is 2.00 bits per heavy atom. The summed E-state index contributed by atoms with van der Waals surface area (Å²) in [5.41, 5.74) is 1.55. The molecule has 1 saturated carbocycles. The third-order valence-corrected chi connectivity index (χ3v) is 3.89. The van der Waals surface area contributed by atoms with Crippen LogP contribution in [0.1, 0.15) is 52.4 Å². The Bertz CT molecular complexity index is 214. The molecule has 1 aliphatic rings. The van der Waals surface area contributed by atoms with Crippen molar-refractivity contribution >= 4 is 0 Å². The summed E-state index contributed by atoms with van der Waals surface area (Å²) >= 11 is 0. The third-order valence-electron chi connectivity index (χ3n) is 3.89. The molecular formula is C14H24. The van der Waals surface area contributed by atoms with Crippen molar-refractivity contribution < 1.29 is 0 Å². The summed E-state index contributed by atoms with van der Waals surface area (Å²) in [6, 6.07) is 0. The lowest BCUT2D eigenvalue weighted by atomic mass is 9.70. The molecular weight excluding hydrogens is 168 g/mol. The smallest absolute Gasteiger partial charge is 0.00828 e. The molecule has 0 spiro atoms. The highest BCUT2D eigenvalue weighted by atomic mass is 14.3. The van der Waals surface area contributed by atoms with Gasteiger partial charge in [0, 0.05) is 5.41 Å². The van der Waals surface area contributed by atoms with Gasteiger partial charge in [0.05, 0.1) is 0 Å². The van der Waals surface area contributed by atoms with Gasteiger partial charge in [-0.15, -0.1) is 6.58 Å². The van der Waals surface area contributed by atoms with Crippen molar-refractivity contribution in [3.8, 4) is 0 Å². The van der Waals surface area contributed by atoms with E-state index in [9.17, 15) is 0 Å². The molecule has 0 aliphatic heterocycles. The van der Waals surface area contributed by atoms with Gasteiger partial charge in [-0.05, 0) is 32.1 Å². The molecule has 80 valence electrons. The average Bonchev–Trinajstić information content (AvgIpc) is 2.13. The van der Waals surface area contributed by atoms with Gasteiger partial charge in [-0.1, -0.05) is 44.4 Å². The molecule has 0 heterocycles. The first-order valence-electron chi connectivity index (χ1n) is 5.90. The molecule has 0 bridgehead atoms. The molecule has 1 fully saturated rings. The molecule has 2 atom stereocenters. The van der Waals surface area contributed by atoms with Crippen LogP contribution in [-0.2, 0) is 0 Å². The van der Waals surface area contributed by atoms with Gasteiger partial charge in [-0.3, -0.25) is 0 Å². The second kappa shape index (κ2) is 4.82. The number of allylic oxidation sites excluding steroid dienone is 2. The van der Waals surface area contributed by atoms with Gasteiger partial charge < -0.3 is 0 Å². The summed E-state index contributed by atoms with van der Waals surface area (Å²) in [5, 5.41) is 0. The molecule has 1 aliphatic carbocycles. The summed E-state index contributed by atoms with van der Waals surface area (Å²) in [5.74, 6) is 0.883. The van der Waals surface area contributed by atoms with E-state index in [0.29, 0.717) is 0 Å². The van der Waals surface area contributed by atoms with E-state index >= 15 is 0 Å². The molecule has 0 amide bonds.